The quantitative estimate of drug-likeness (QED) is 0.700. The van der Waals surface area contributed by atoms with Gasteiger partial charge in [0.2, 0.25) is 0 Å². The van der Waals surface area contributed by atoms with E-state index in [9.17, 15) is 9.90 Å². The zero-order valence-corrected chi connectivity index (χ0v) is 8.57. The van der Waals surface area contributed by atoms with Gasteiger partial charge in [0.05, 0.1) is 0 Å². The van der Waals surface area contributed by atoms with Gasteiger partial charge in [0.1, 0.15) is 5.60 Å². The van der Waals surface area contributed by atoms with Gasteiger partial charge in [-0.3, -0.25) is 4.79 Å². The molecule has 0 amide bonds. The van der Waals surface area contributed by atoms with E-state index in [2.05, 4.69) is 0 Å². The van der Waals surface area contributed by atoms with Gasteiger partial charge in [0.25, 0.3) is 0 Å². The molecule has 1 N–H and O–H groups in total. The van der Waals surface area contributed by atoms with Crippen molar-refractivity contribution in [3.63, 3.8) is 0 Å². The zero-order valence-electron chi connectivity index (χ0n) is 8.57. The predicted octanol–water partition coefficient (Wildman–Crippen LogP) is 2.27. The van der Waals surface area contributed by atoms with Crippen molar-refractivity contribution in [2.45, 2.75) is 37.2 Å². The van der Waals surface area contributed by atoms with E-state index in [1.807, 2.05) is 24.3 Å². The Balaban J connectivity index is 2.18. The maximum atomic E-state index is 12.1. The lowest BCUT2D eigenvalue weighted by Crippen LogP contribution is -2.41. The second-order valence-corrected chi connectivity index (χ2v) is 4.64. The second-order valence-electron chi connectivity index (χ2n) is 4.64. The fourth-order valence-electron chi connectivity index (χ4n) is 3.08. The second kappa shape index (κ2) is 2.92. The van der Waals surface area contributed by atoms with E-state index in [0.717, 1.165) is 30.4 Å². The summed E-state index contributed by atoms with van der Waals surface area (Å²) < 4.78 is 0. The van der Waals surface area contributed by atoms with Gasteiger partial charge in [-0.25, -0.2) is 0 Å². The zero-order chi connectivity index (χ0) is 10.5. The molecule has 3 rings (SSSR count). The summed E-state index contributed by atoms with van der Waals surface area (Å²) >= 11 is 0. The van der Waals surface area contributed by atoms with Gasteiger partial charge in [0.15, 0.2) is 5.78 Å². The molecule has 2 aliphatic rings. The Morgan fingerprint density at radius 1 is 1.27 bits per heavy atom. The molecule has 0 heterocycles. The van der Waals surface area contributed by atoms with Gasteiger partial charge in [-0.05, 0) is 18.4 Å². The van der Waals surface area contributed by atoms with Gasteiger partial charge >= 0.3 is 0 Å². The van der Waals surface area contributed by atoms with E-state index in [1.54, 1.807) is 0 Å². The van der Waals surface area contributed by atoms with E-state index in [1.165, 1.54) is 0 Å². The molecule has 2 atom stereocenters. The van der Waals surface area contributed by atoms with Crippen molar-refractivity contribution in [3.05, 3.63) is 35.4 Å². The molecule has 0 bridgehead atoms. The molecule has 2 heteroatoms. The number of fused-ring (bicyclic) bond motifs is 3. The summed E-state index contributed by atoms with van der Waals surface area (Å²) in [5.74, 6) is -0.00208. The molecular weight excluding hydrogens is 188 g/mol. The van der Waals surface area contributed by atoms with Crippen LogP contribution in [-0.4, -0.2) is 16.5 Å². The fourth-order valence-corrected chi connectivity index (χ4v) is 3.08. The van der Waals surface area contributed by atoms with Crippen molar-refractivity contribution in [3.8, 4) is 0 Å². The molecule has 0 aliphatic heterocycles. The minimum atomic E-state index is -1.08. The van der Waals surface area contributed by atoms with Crippen LogP contribution in [0.2, 0.25) is 0 Å². The molecule has 1 aromatic carbocycles. The average Bonchev–Trinajstić information content (AvgIpc) is 2.50. The smallest absolute Gasteiger partial charge is 0.195 e. The predicted molar refractivity (Wildman–Crippen MR) is 56.9 cm³/mol. The first-order valence-corrected chi connectivity index (χ1v) is 5.59. The van der Waals surface area contributed by atoms with E-state index in [0.29, 0.717) is 6.42 Å². The highest BCUT2D eigenvalue weighted by atomic mass is 16.3. The van der Waals surface area contributed by atoms with E-state index in [-0.39, 0.29) is 11.7 Å². The summed E-state index contributed by atoms with van der Waals surface area (Å²) in [6, 6.07) is 7.65. The lowest BCUT2D eigenvalue weighted by atomic mass is 9.75. The minimum absolute atomic E-state index is 0.0509. The standard InChI is InChI=1S/C13H14O2/c14-12-10-6-2-1-5-9(10)11-7-3-4-8-13(11,12)15/h1-2,5-6,11,15H,3-4,7-8H2. The van der Waals surface area contributed by atoms with Crippen molar-refractivity contribution in [2.24, 2.45) is 0 Å². The molecule has 2 nitrogen and oxygen atoms in total. The van der Waals surface area contributed by atoms with Crippen LogP contribution in [0.4, 0.5) is 0 Å². The van der Waals surface area contributed by atoms with Crippen LogP contribution in [-0.2, 0) is 0 Å². The molecule has 15 heavy (non-hydrogen) atoms. The average molecular weight is 202 g/mol. The summed E-state index contributed by atoms with van der Waals surface area (Å²) in [6.07, 6.45) is 3.66. The summed E-state index contributed by atoms with van der Waals surface area (Å²) in [7, 11) is 0. The largest absolute Gasteiger partial charge is 0.381 e. The molecule has 0 aromatic heterocycles. The molecule has 1 fully saturated rings. The molecule has 2 unspecified atom stereocenters. The van der Waals surface area contributed by atoms with Gasteiger partial charge in [-0.2, -0.15) is 0 Å². The summed E-state index contributed by atoms with van der Waals surface area (Å²) in [5.41, 5.74) is 0.721. The van der Waals surface area contributed by atoms with Crippen molar-refractivity contribution in [1.29, 1.82) is 0 Å². The van der Waals surface area contributed by atoms with Crippen molar-refractivity contribution >= 4 is 5.78 Å². The third-order valence-corrected chi connectivity index (χ3v) is 3.85. The van der Waals surface area contributed by atoms with Crippen LogP contribution in [0.15, 0.2) is 24.3 Å². The Hall–Kier alpha value is -1.15. The Morgan fingerprint density at radius 3 is 2.93 bits per heavy atom. The molecule has 0 spiro atoms. The first-order valence-electron chi connectivity index (χ1n) is 5.59. The molecule has 0 radical (unpaired) electrons. The summed E-state index contributed by atoms with van der Waals surface area (Å²) in [5, 5.41) is 10.5. The lowest BCUT2D eigenvalue weighted by Gasteiger charge is -2.33. The van der Waals surface area contributed by atoms with Gasteiger partial charge in [0, 0.05) is 11.5 Å². The van der Waals surface area contributed by atoms with Crippen LogP contribution in [0.25, 0.3) is 0 Å². The number of hydrogen-bond acceptors (Lipinski definition) is 2. The van der Waals surface area contributed by atoms with Crippen LogP contribution in [0.3, 0.4) is 0 Å². The number of aliphatic hydroxyl groups is 1. The molecule has 2 aliphatic carbocycles. The van der Waals surface area contributed by atoms with Crippen LogP contribution in [0.1, 0.15) is 47.5 Å². The highest BCUT2D eigenvalue weighted by molar-refractivity contribution is 6.07. The fraction of sp³-hybridized carbons (Fsp3) is 0.462. The number of carbonyl (C=O) groups is 1. The Morgan fingerprint density at radius 2 is 2.07 bits per heavy atom. The van der Waals surface area contributed by atoms with Crippen LogP contribution in [0, 0.1) is 0 Å². The molecule has 1 saturated carbocycles. The first-order chi connectivity index (χ1) is 7.23. The third-order valence-electron chi connectivity index (χ3n) is 3.85. The Labute approximate surface area is 88.9 Å². The van der Waals surface area contributed by atoms with Crippen molar-refractivity contribution in [2.75, 3.05) is 0 Å². The number of rotatable bonds is 0. The van der Waals surface area contributed by atoms with Gasteiger partial charge in [-0.1, -0.05) is 37.1 Å². The highest BCUT2D eigenvalue weighted by Crippen LogP contribution is 2.49. The minimum Gasteiger partial charge on any atom is -0.381 e. The van der Waals surface area contributed by atoms with Crippen molar-refractivity contribution < 1.29 is 9.90 Å². The number of ketones is 1. The maximum absolute atomic E-state index is 12.1. The first kappa shape index (κ1) is 9.10. The number of hydrogen-bond donors (Lipinski definition) is 1. The van der Waals surface area contributed by atoms with E-state index >= 15 is 0 Å². The van der Waals surface area contributed by atoms with E-state index in [4.69, 9.17) is 0 Å². The molecular formula is C13H14O2. The molecule has 1 aromatic rings. The number of benzene rings is 1. The maximum Gasteiger partial charge on any atom is 0.195 e. The van der Waals surface area contributed by atoms with E-state index < -0.39 is 5.60 Å². The SMILES string of the molecule is O=C1c2ccccc2C2CCCCC12O. The molecule has 0 saturated heterocycles. The number of Topliss-reactive ketones (excluding diaryl/α,β-unsaturated/α-hetero) is 1. The topological polar surface area (TPSA) is 37.3 Å². The normalized spacial score (nSPS) is 33.7. The third kappa shape index (κ3) is 1.06. The lowest BCUT2D eigenvalue weighted by molar-refractivity contribution is 0.00496. The van der Waals surface area contributed by atoms with Crippen molar-refractivity contribution in [1.82, 2.24) is 0 Å². The summed E-state index contributed by atoms with van der Waals surface area (Å²) in [4.78, 5) is 12.1. The summed E-state index contributed by atoms with van der Waals surface area (Å²) in [6.45, 7) is 0. The Kier molecular flexibility index (Phi) is 1.77. The number of carbonyl (C=O) groups excluding carboxylic acids is 1. The van der Waals surface area contributed by atoms with Crippen LogP contribution < -0.4 is 0 Å². The Bertz CT molecular complexity index is 424. The molecule has 78 valence electrons. The monoisotopic (exact) mass is 202 g/mol. The highest BCUT2D eigenvalue weighted by Gasteiger charge is 2.52. The van der Waals surface area contributed by atoms with Gasteiger partial charge < -0.3 is 5.11 Å². The van der Waals surface area contributed by atoms with Crippen LogP contribution >= 0.6 is 0 Å². The van der Waals surface area contributed by atoms with Crippen LogP contribution in [0.5, 0.6) is 0 Å². The van der Waals surface area contributed by atoms with Gasteiger partial charge in [-0.15, -0.1) is 0 Å².